The van der Waals surface area contributed by atoms with Crippen molar-refractivity contribution in [3.05, 3.63) is 70.5 Å². The molecule has 0 bridgehead atoms. The summed E-state index contributed by atoms with van der Waals surface area (Å²) in [5.41, 5.74) is 1.19. The van der Waals surface area contributed by atoms with Crippen LogP contribution in [0.5, 0.6) is 0 Å². The number of hydrogen-bond donors (Lipinski definition) is 0. The Balaban J connectivity index is 2.34. The highest BCUT2D eigenvalue weighted by Crippen LogP contribution is 2.60. The Morgan fingerprint density at radius 2 is 1.55 bits per heavy atom. The molecule has 1 unspecified atom stereocenters. The number of allylic oxidation sites excluding steroid dienone is 1. The first kappa shape index (κ1) is 15.8. The minimum Gasteiger partial charge on any atom is -0.308 e. The lowest BCUT2D eigenvalue weighted by Gasteiger charge is -2.38. The van der Waals surface area contributed by atoms with Crippen LogP contribution in [0.1, 0.15) is 32.3 Å². The minimum atomic E-state index is -2.78. The van der Waals surface area contributed by atoms with Gasteiger partial charge in [0, 0.05) is 16.0 Å². The quantitative estimate of drug-likeness (QED) is 0.665. The summed E-state index contributed by atoms with van der Waals surface area (Å²) in [4.78, 5) is 0. The van der Waals surface area contributed by atoms with Crippen LogP contribution >= 0.6 is 23.1 Å². The van der Waals surface area contributed by atoms with Crippen LogP contribution < -0.4 is 10.6 Å². The van der Waals surface area contributed by atoms with E-state index in [1.165, 1.54) is 5.56 Å². The zero-order valence-corrected chi connectivity index (χ0v) is 15.4. The fraction of sp³-hybridized carbons (Fsp3) is 0.263. The summed E-state index contributed by atoms with van der Waals surface area (Å²) in [5, 5.41) is 1.88. The van der Waals surface area contributed by atoms with Crippen molar-refractivity contribution in [2.45, 2.75) is 32.1 Å². The smallest absolute Gasteiger partial charge is 0.177 e. The first-order chi connectivity index (χ1) is 10.6. The van der Waals surface area contributed by atoms with Crippen LogP contribution in [0.25, 0.3) is 0 Å². The lowest BCUT2D eigenvalue weighted by molar-refractivity contribution is 0.497. The summed E-state index contributed by atoms with van der Waals surface area (Å²) >= 11 is 3.67. The van der Waals surface area contributed by atoms with Crippen molar-refractivity contribution in [2.24, 2.45) is 0 Å². The van der Waals surface area contributed by atoms with Crippen molar-refractivity contribution >= 4 is 33.7 Å². The molecule has 2 aromatic carbocycles. The van der Waals surface area contributed by atoms with E-state index in [1.54, 1.807) is 0 Å². The Kier molecular flexibility index (Phi) is 4.18. The molecule has 1 aliphatic rings. The van der Waals surface area contributed by atoms with Gasteiger partial charge < -0.3 is 4.57 Å². The molecule has 22 heavy (non-hydrogen) atoms. The van der Waals surface area contributed by atoms with Gasteiger partial charge in [-0.15, -0.1) is 0 Å². The van der Waals surface area contributed by atoms with E-state index in [0.717, 1.165) is 27.7 Å². The molecule has 2 aromatic rings. The molecule has 0 saturated heterocycles. The molecule has 3 heteroatoms. The predicted octanol–water partition coefficient (Wildman–Crippen LogP) is 5.31. The van der Waals surface area contributed by atoms with Gasteiger partial charge in [-0.3, -0.25) is 0 Å². The maximum absolute atomic E-state index is 14.0. The van der Waals surface area contributed by atoms with Crippen molar-refractivity contribution in [3.8, 4) is 0 Å². The lowest BCUT2D eigenvalue weighted by atomic mass is 9.76. The van der Waals surface area contributed by atoms with Crippen LogP contribution in [-0.4, -0.2) is 0 Å². The van der Waals surface area contributed by atoms with E-state index in [-0.39, 0.29) is 5.41 Å². The Labute approximate surface area is 141 Å². The summed E-state index contributed by atoms with van der Waals surface area (Å²) in [6, 6.07) is 18.1. The maximum atomic E-state index is 14.0. The molecule has 1 aliphatic heterocycles. The Hall–Kier alpha value is -1.11. The van der Waals surface area contributed by atoms with Gasteiger partial charge in [0.05, 0.1) is 4.22 Å². The van der Waals surface area contributed by atoms with E-state index >= 15 is 0 Å². The standard InChI is InChI=1S/C19H20BrOP/c1-3-19(4-2)14-18(20)22(21,15-10-6-5-7-11-15)17-13-9-8-12-16(17)19/h5-14H,3-4H2,1-2H3. The second kappa shape index (κ2) is 5.83. The third-order valence-electron chi connectivity index (χ3n) is 4.86. The third kappa shape index (κ3) is 2.16. The van der Waals surface area contributed by atoms with Crippen LogP contribution in [0.3, 0.4) is 0 Å². The normalized spacial score (nSPS) is 22.8. The number of halogens is 1. The molecule has 0 spiro atoms. The van der Waals surface area contributed by atoms with Gasteiger partial charge in [0.25, 0.3) is 0 Å². The SMILES string of the molecule is CCC1(CC)C=C(Br)P(=O)(c2ccccc2)c2ccccc21. The van der Waals surface area contributed by atoms with Gasteiger partial charge in [0.15, 0.2) is 7.14 Å². The Bertz CT molecular complexity index is 760. The van der Waals surface area contributed by atoms with Crippen LogP contribution in [0.4, 0.5) is 0 Å². The summed E-state index contributed by atoms with van der Waals surface area (Å²) in [7, 11) is -2.78. The number of benzene rings is 2. The average molecular weight is 375 g/mol. The molecule has 0 amide bonds. The van der Waals surface area contributed by atoms with Crippen molar-refractivity contribution in [3.63, 3.8) is 0 Å². The lowest BCUT2D eigenvalue weighted by Crippen LogP contribution is -2.34. The summed E-state index contributed by atoms with van der Waals surface area (Å²) in [5.74, 6) is 0. The second-order valence-corrected chi connectivity index (χ2v) is 9.96. The number of fused-ring (bicyclic) bond motifs is 1. The molecule has 114 valence electrons. The Morgan fingerprint density at radius 1 is 0.955 bits per heavy atom. The molecule has 1 heterocycles. The number of hydrogen-bond acceptors (Lipinski definition) is 1. The fourth-order valence-corrected chi connectivity index (χ4v) is 7.75. The first-order valence-corrected chi connectivity index (χ1v) is 10.2. The van der Waals surface area contributed by atoms with Crippen molar-refractivity contribution in [1.82, 2.24) is 0 Å². The third-order valence-corrected chi connectivity index (χ3v) is 9.41. The Morgan fingerprint density at radius 3 is 2.18 bits per heavy atom. The van der Waals surface area contributed by atoms with Gasteiger partial charge in [-0.1, -0.05) is 74.5 Å². The maximum Gasteiger partial charge on any atom is 0.177 e. The molecule has 0 aliphatic carbocycles. The topological polar surface area (TPSA) is 17.1 Å². The molecule has 0 fully saturated rings. The van der Waals surface area contributed by atoms with Crippen molar-refractivity contribution in [2.75, 3.05) is 0 Å². The van der Waals surface area contributed by atoms with Crippen LogP contribution in [0, 0.1) is 0 Å². The van der Waals surface area contributed by atoms with Gasteiger partial charge >= 0.3 is 0 Å². The van der Waals surface area contributed by atoms with E-state index < -0.39 is 7.14 Å². The van der Waals surface area contributed by atoms with E-state index in [2.05, 4.69) is 48.0 Å². The highest BCUT2D eigenvalue weighted by atomic mass is 79.9. The number of rotatable bonds is 3. The molecular formula is C19H20BrOP. The van der Waals surface area contributed by atoms with Crippen LogP contribution in [-0.2, 0) is 9.98 Å². The van der Waals surface area contributed by atoms with Gasteiger partial charge in [0.2, 0.25) is 0 Å². The van der Waals surface area contributed by atoms with E-state index in [9.17, 15) is 4.57 Å². The zero-order chi connectivity index (χ0) is 15.8. The second-order valence-electron chi connectivity index (χ2n) is 5.79. The molecule has 0 saturated carbocycles. The molecule has 3 rings (SSSR count). The summed E-state index contributed by atoms with van der Waals surface area (Å²) < 4.78 is 14.8. The predicted molar refractivity (Wildman–Crippen MR) is 99.0 cm³/mol. The van der Waals surface area contributed by atoms with E-state index in [1.807, 2.05) is 42.5 Å². The van der Waals surface area contributed by atoms with Crippen molar-refractivity contribution in [1.29, 1.82) is 0 Å². The molecule has 0 radical (unpaired) electrons. The van der Waals surface area contributed by atoms with Gasteiger partial charge in [-0.25, -0.2) is 0 Å². The largest absolute Gasteiger partial charge is 0.308 e. The summed E-state index contributed by atoms with van der Waals surface area (Å²) in [6.45, 7) is 4.41. The van der Waals surface area contributed by atoms with E-state index in [0.29, 0.717) is 0 Å². The highest BCUT2D eigenvalue weighted by molar-refractivity contribution is 9.13. The first-order valence-electron chi connectivity index (χ1n) is 7.73. The summed E-state index contributed by atoms with van der Waals surface area (Å²) in [6.07, 6.45) is 4.21. The molecule has 1 nitrogen and oxygen atoms in total. The van der Waals surface area contributed by atoms with E-state index in [4.69, 9.17) is 0 Å². The molecule has 1 atom stereocenters. The average Bonchev–Trinajstić information content (AvgIpc) is 2.59. The minimum absolute atomic E-state index is 0.0296. The monoisotopic (exact) mass is 374 g/mol. The molecular weight excluding hydrogens is 355 g/mol. The fourth-order valence-electron chi connectivity index (χ4n) is 3.42. The zero-order valence-electron chi connectivity index (χ0n) is 12.9. The van der Waals surface area contributed by atoms with Gasteiger partial charge in [-0.05, 0) is 34.3 Å². The molecule has 0 N–H and O–H groups in total. The van der Waals surface area contributed by atoms with Gasteiger partial charge in [-0.2, -0.15) is 0 Å². The van der Waals surface area contributed by atoms with Gasteiger partial charge in [0.1, 0.15) is 0 Å². The van der Waals surface area contributed by atoms with Crippen LogP contribution in [0.15, 0.2) is 64.9 Å². The van der Waals surface area contributed by atoms with Crippen LogP contribution in [0.2, 0.25) is 0 Å². The highest BCUT2D eigenvalue weighted by Gasteiger charge is 2.43. The molecule has 0 aromatic heterocycles. The van der Waals surface area contributed by atoms with Crippen molar-refractivity contribution < 1.29 is 4.57 Å².